The Bertz CT molecular complexity index is 449. The summed E-state index contributed by atoms with van der Waals surface area (Å²) in [6, 6.07) is 0. The molecule has 17 heavy (non-hydrogen) atoms. The summed E-state index contributed by atoms with van der Waals surface area (Å²) in [6.45, 7) is 2.09. The number of anilines is 1. The monoisotopic (exact) mass is 240 g/mol. The Hall–Kier alpha value is -1.92. The second kappa shape index (κ2) is 6.62. The Morgan fingerprint density at radius 1 is 1.24 bits per heavy atom. The first-order chi connectivity index (χ1) is 8.11. The predicted molar refractivity (Wildman–Crippen MR) is 62.9 cm³/mol. The molecule has 1 aromatic rings. The third-order valence-electron chi connectivity index (χ3n) is 2.18. The van der Waals surface area contributed by atoms with Crippen molar-refractivity contribution in [2.24, 2.45) is 0 Å². The van der Waals surface area contributed by atoms with Gasteiger partial charge in [0.25, 0.3) is 0 Å². The second-order valence-corrected chi connectivity index (χ2v) is 3.70. The number of unbranched alkanes of at least 4 members (excludes halogenated alkanes) is 3. The zero-order valence-electron chi connectivity index (χ0n) is 9.71. The lowest BCUT2D eigenvalue weighted by molar-refractivity contribution is -0.116. The van der Waals surface area contributed by atoms with Gasteiger partial charge in [0.2, 0.25) is 11.9 Å². The Morgan fingerprint density at radius 3 is 2.65 bits per heavy atom. The molecular formula is C10H16N4O3. The maximum atomic E-state index is 11.4. The van der Waals surface area contributed by atoms with Gasteiger partial charge in [0.05, 0.1) is 0 Å². The Labute approximate surface area is 97.7 Å². The third-order valence-corrected chi connectivity index (χ3v) is 2.18. The fourth-order valence-electron chi connectivity index (χ4n) is 1.36. The van der Waals surface area contributed by atoms with E-state index in [4.69, 9.17) is 0 Å². The lowest BCUT2D eigenvalue weighted by Crippen LogP contribution is -2.28. The van der Waals surface area contributed by atoms with E-state index in [2.05, 4.69) is 22.2 Å². The number of nitrogens with one attached hydrogen (secondary N) is 3. The summed E-state index contributed by atoms with van der Waals surface area (Å²) in [7, 11) is 0. The number of rotatable bonds is 6. The molecule has 0 bridgehead atoms. The minimum atomic E-state index is -0.782. The van der Waals surface area contributed by atoms with Gasteiger partial charge in [-0.2, -0.15) is 4.98 Å². The topological polar surface area (TPSA) is 108 Å². The summed E-state index contributed by atoms with van der Waals surface area (Å²) in [4.78, 5) is 40.7. The summed E-state index contributed by atoms with van der Waals surface area (Å²) in [5.74, 6) is -0.367. The van der Waals surface area contributed by atoms with Crippen molar-refractivity contribution in [2.75, 3.05) is 5.32 Å². The van der Waals surface area contributed by atoms with Crippen LogP contribution in [-0.2, 0) is 4.79 Å². The normalized spacial score (nSPS) is 10.2. The first-order valence-corrected chi connectivity index (χ1v) is 5.62. The number of H-pyrrole nitrogens is 2. The largest absolute Gasteiger partial charge is 0.352 e. The van der Waals surface area contributed by atoms with Crippen LogP contribution in [-0.4, -0.2) is 20.9 Å². The maximum Gasteiger partial charge on any atom is 0.352 e. The fraction of sp³-hybridized carbons (Fsp3) is 0.600. The summed E-state index contributed by atoms with van der Waals surface area (Å²) in [5.41, 5.74) is -1.47. The average Bonchev–Trinajstić information content (AvgIpc) is 2.23. The molecule has 94 valence electrons. The van der Waals surface area contributed by atoms with E-state index in [9.17, 15) is 14.4 Å². The zero-order chi connectivity index (χ0) is 12.7. The Balaban J connectivity index is 2.45. The van der Waals surface area contributed by atoms with Gasteiger partial charge in [-0.1, -0.05) is 26.2 Å². The van der Waals surface area contributed by atoms with E-state index in [1.807, 2.05) is 4.98 Å². The van der Waals surface area contributed by atoms with Gasteiger partial charge in [-0.3, -0.25) is 20.1 Å². The molecule has 0 aliphatic heterocycles. The number of carbonyl (C=O) groups is 1. The highest BCUT2D eigenvalue weighted by molar-refractivity contribution is 5.88. The molecule has 0 spiro atoms. The number of hydrogen-bond acceptors (Lipinski definition) is 4. The van der Waals surface area contributed by atoms with E-state index in [0.29, 0.717) is 6.42 Å². The molecule has 7 nitrogen and oxygen atoms in total. The van der Waals surface area contributed by atoms with Crippen LogP contribution in [0.25, 0.3) is 0 Å². The first kappa shape index (κ1) is 13.1. The molecule has 0 fully saturated rings. The highest BCUT2D eigenvalue weighted by Gasteiger charge is 2.04. The van der Waals surface area contributed by atoms with E-state index in [-0.39, 0.29) is 11.9 Å². The number of carbonyl (C=O) groups excluding carboxylic acids is 1. The molecule has 0 saturated carbocycles. The van der Waals surface area contributed by atoms with Crippen LogP contribution in [0.5, 0.6) is 0 Å². The molecule has 0 unspecified atom stereocenters. The van der Waals surface area contributed by atoms with E-state index >= 15 is 0 Å². The molecule has 3 N–H and O–H groups in total. The Kier molecular flexibility index (Phi) is 5.12. The van der Waals surface area contributed by atoms with E-state index in [1.165, 1.54) is 0 Å². The van der Waals surface area contributed by atoms with Crippen LogP contribution >= 0.6 is 0 Å². The minimum absolute atomic E-state index is 0.112. The van der Waals surface area contributed by atoms with Crippen molar-refractivity contribution in [1.82, 2.24) is 15.0 Å². The minimum Gasteiger partial charge on any atom is -0.296 e. The van der Waals surface area contributed by atoms with Crippen LogP contribution < -0.4 is 16.7 Å². The van der Waals surface area contributed by atoms with Crippen LogP contribution in [0.1, 0.15) is 39.0 Å². The number of aromatic nitrogens is 3. The molecule has 0 aliphatic rings. The third kappa shape index (κ3) is 5.10. The quantitative estimate of drug-likeness (QED) is 0.624. The molecule has 0 radical (unpaired) electrons. The first-order valence-electron chi connectivity index (χ1n) is 5.62. The van der Waals surface area contributed by atoms with Gasteiger partial charge >= 0.3 is 11.4 Å². The molecular weight excluding hydrogens is 224 g/mol. The number of amides is 1. The predicted octanol–water partition coefficient (Wildman–Crippen LogP) is 0.367. The SMILES string of the molecule is CCCCCCC(=O)Nc1nc(=O)[nH]c(=O)[nH]1. The van der Waals surface area contributed by atoms with Crippen molar-refractivity contribution in [3.63, 3.8) is 0 Å². The van der Waals surface area contributed by atoms with Crippen LogP contribution in [0.2, 0.25) is 0 Å². The molecule has 0 atom stereocenters. The standard InChI is InChI=1S/C10H16N4O3/c1-2-3-4-5-6-7(15)11-8-12-9(16)14-10(17)13-8/h2-6H2,1H3,(H3,11,12,13,14,15,16,17). The van der Waals surface area contributed by atoms with Gasteiger partial charge in [-0.15, -0.1) is 0 Å². The van der Waals surface area contributed by atoms with Crippen molar-refractivity contribution >= 4 is 11.9 Å². The van der Waals surface area contributed by atoms with E-state index in [1.54, 1.807) is 0 Å². The van der Waals surface area contributed by atoms with Gasteiger partial charge in [-0.25, -0.2) is 9.59 Å². The fourth-order valence-corrected chi connectivity index (χ4v) is 1.36. The second-order valence-electron chi connectivity index (χ2n) is 3.70. The molecule has 1 amide bonds. The number of nitrogens with zero attached hydrogens (tertiary/aromatic N) is 1. The van der Waals surface area contributed by atoms with Crippen molar-refractivity contribution in [1.29, 1.82) is 0 Å². The van der Waals surface area contributed by atoms with Crippen molar-refractivity contribution < 1.29 is 4.79 Å². The van der Waals surface area contributed by atoms with Gasteiger partial charge in [-0.05, 0) is 6.42 Å². The van der Waals surface area contributed by atoms with Crippen LogP contribution in [0.4, 0.5) is 5.95 Å². The van der Waals surface area contributed by atoms with E-state index in [0.717, 1.165) is 25.7 Å². The molecule has 0 aromatic carbocycles. The van der Waals surface area contributed by atoms with Gasteiger partial charge < -0.3 is 0 Å². The number of aromatic amines is 2. The highest BCUT2D eigenvalue weighted by atomic mass is 16.2. The molecule has 0 saturated heterocycles. The molecule has 1 aromatic heterocycles. The van der Waals surface area contributed by atoms with Gasteiger partial charge in [0.15, 0.2) is 0 Å². The van der Waals surface area contributed by atoms with E-state index < -0.39 is 11.4 Å². The molecule has 1 heterocycles. The zero-order valence-corrected chi connectivity index (χ0v) is 9.71. The van der Waals surface area contributed by atoms with Crippen molar-refractivity contribution in [3.8, 4) is 0 Å². The summed E-state index contributed by atoms with van der Waals surface area (Å²) >= 11 is 0. The van der Waals surface area contributed by atoms with Crippen LogP contribution in [0.3, 0.4) is 0 Å². The summed E-state index contributed by atoms with van der Waals surface area (Å²) in [5, 5.41) is 2.37. The Morgan fingerprint density at radius 2 is 2.00 bits per heavy atom. The van der Waals surface area contributed by atoms with Crippen LogP contribution in [0.15, 0.2) is 9.59 Å². The summed E-state index contributed by atoms with van der Waals surface area (Å²) < 4.78 is 0. The highest BCUT2D eigenvalue weighted by Crippen LogP contribution is 2.03. The lowest BCUT2D eigenvalue weighted by atomic mass is 10.1. The van der Waals surface area contributed by atoms with Crippen molar-refractivity contribution in [3.05, 3.63) is 21.0 Å². The smallest absolute Gasteiger partial charge is 0.296 e. The molecule has 0 aliphatic carbocycles. The van der Waals surface area contributed by atoms with Crippen molar-refractivity contribution in [2.45, 2.75) is 39.0 Å². The maximum absolute atomic E-state index is 11.4. The lowest BCUT2D eigenvalue weighted by Gasteiger charge is -2.02. The van der Waals surface area contributed by atoms with Gasteiger partial charge in [0, 0.05) is 6.42 Å². The number of hydrogen-bond donors (Lipinski definition) is 3. The van der Waals surface area contributed by atoms with Crippen LogP contribution in [0, 0.1) is 0 Å². The molecule has 1 rings (SSSR count). The summed E-state index contributed by atoms with van der Waals surface area (Å²) in [6.07, 6.45) is 4.32. The molecule has 7 heteroatoms. The van der Waals surface area contributed by atoms with Gasteiger partial charge in [0.1, 0.15) is 0 Å². The average molecular weight is 240 g/mol.